The average molecular weight is 465 g/mol. The summed E-state index contributed by atoms with van der Waals surface area (Å²) in [7, 11) is 2.19. The summed E-state index contributed by atoms with van der Waals surface area (Å²) in [6.07, 6.45) is 7.22. The minimum Gasteiger partial charge on any atom is -0.492 e. The summed E-state index contributed by atoms with van der Waals surface area (Å²) in [5.41, 5.74) is 2.32. The van der Waals surface area contributed by atoms with Gasteiger partial charge in [0.1, 0.15) is 5.75 Å². The first kappa shape index (κ1) is 24.7. The monoisotopic (exact) mass is 464 g/mol. The minimum atomic E-state index is 0.00979. The van der Waals surface area contributed by atoms with Gasteiger partial charge in [-0.2, -0.15) is 0 Å². The topological polar surface area (TPSA) is 57.7 Å². The van der Waals surface area contributed by atoms with Gasteiger partial charge in [0.25, 0.3) is 0 Å². The number of rotatable bonds is 10. The molecule has 0 radical (unpaired) electrons. The normalized spacial score (nSPS) is 23.6. The zero-order chi connectivity index (χ0) is 23.8. The SMILES string of the molecule is Cc1ccc(OC[C@H]2C[C@@H](C(=O)NCC[C@@H]3CCCN3C)CN(CCc3ccccc3)C2)cn1. The second-order valence-electron chi connectivity index (χ2n) is 10.1. The van der Waals surface area contributed by atoms with Crippen molar-refractivity contribution in [2.75, 3.05) is 46.4 Å². The molecule has 2 fully saturated rings. The number of nitrogens with one attached hydrogen (secondary N) is 1. The van der Waals surface area contributed by atoms with Crippen LogP contribution in [0.1, 0.15) is 36.9 Å². The van der Waals surface area contributed by atoms with E-state index in [9.17, 15) is 4.79 Å². The molecule has 6 nitrogen and oxygen atoms in total. The van der Waals surface area contributed by atoms with Crippen molar-refractivity contribution >= 4 is 5.91 Å². The molecule has 1 aromatic carbocycles. The van der Waals surface area contributed by atoms with Crippen molar-refractivity contribution in [1.82, 2.24) is 20.1 Å². The summed E-state index contributed by atoms with van der Waals surface area (Å²) in [5, 5.41) is 3.25. The number of piperidine rings is 1. The average Bonchev–Trinajstić information content (AvgIpc) is 3.27. The van der Waals surface area contributed by atoms with Crippen LogP contribution in [0.5, 0.6) is 5.75 Å². The third kappa shape index (κ3) is 7.28. The molecular formula is C28H40N4O2. The summed E-state index contributed by atoms with van der Waals surface area (Å²) in [5.74, 6) is 1.33. The van der Waals surface area contributed by atoms with Gasteiger partial charge in [0.05, 0.1) is 18.7 Å². The van der Waals surface area contributed by atoms with E-state index in [2.05, 4.69) is 57.5 Å². The lowest BCUT2D eigenvalue weighted by molar-refractivity contribution is -0.127. The fourth-order valence-electron chi connectivity index (χ4n) is 5.33. The third-order valence-electron chi connectivity index (χ3n) is 7.36. The van der Waals surface area contributed by atoms with E-state index in [-0.39, 0.29) is 11.8 Å². The van der Waals surface area contributed by atoms with Gasteiger partial charge in [-0.25, -0.2) is 0 Å². The summed E-state index contributed by atoms with van der Waals surface area (Å²) in [6.45, 7) is 7.28. The molecule has 1 aromatic heterocycles. The molecule has 0 spiro atoms. The maximum absolute atomic E-state index is 13.1. The quantitative estimate of drug-likeness (QED) is 0.583. The first-order valence-electron chi connectivity index (χ1n) is 12.9. The van der Waals surface area contributed by atoms with Crippen LogP contribution < -0.4 is 10.1 Å². The predicted molar refractivity (Wildman–Crippen MR) is 136 cm³/mol. The van der Waals surface area contributed by atoms with Crippen LogP contribution in [0.15, 0.2) is 48.7 Å². The van der Waals surface area contributed by atoms with E-state index in [1.807, 2.05) is 19.1 Å². The molecule has 4 rings (SSSR count). The van der Waals surface area contributed by atoms with Gasteiger partial charge in [0.2, 0.25) is 5.91 Å². The Bertz CT molecular complexity index is 889. The number of carbonyl (C=O) groups excluding carboxylic acids is 1. The molecule has 184 valence electrons. The number of aryl methyl sites for hydroxylation is 1. The highest BCUT2D eigenvalue weighted by atomic mass is 16.5. The fourth-order valence-corrected chi connectivity index (χ4v) is 5.33. The Morgan fingerprint density at radius 3 is 2.76 bits per heavy atom. The number of hydrogen-bond donors (Lipinski definition) is 1. The first-order chi connectivity index (χ1) is 16.6. The van der Waals surface area contributed by atoms with Crippen LogP contribution in [-0.4, -0.2) is 73.1 Å². The Hall–Kier alpha value is -2.44. The lowest BCUT2D eigenvalue weighted by atomic mass is 9.88. The van der Waals surface area contributed by atoms with Gasteiger partial charge in [0, 0.05) is 43.8 Å². The number of pyridine rings is 1. The van der Waals surface area contributed by atoms with E-state index in [1.54, 1.807) is 6.20 Å². The zero-order valence-electron chi connectivity index (χ0n) is 20.8. The van der Waals surface area contributed by atoms with Crippen molar-refractivity contribution in [3.05, 3.63) is 59.9 Å². The molecule has 3 heterocycles. The molecule has 1 N–H and O–H groups in total. The van der Waals surface area contributed by atoms with Crippen LogP contribution in [0.2, 0.25) is 0 Å². The molecule has 3 atom stereocenters. The van der Waals surface area contributed by atoms with E-state index in [4.69, 9.17) is 4.74 Å². The van der Waals surface area contributed by atoms with Crippen molar-refractivity contribution in [2.45, 2.75) is 45.1 Å². The second kappa shape index (κ2) is 12.3. The van der Waals surface area contributed by atoms with Crippen molar-refractivity contribution in [2.24, 2.45) is 11.8 Å². The minimum absolute atomic E-state index is 0.00979. The van der Waals surface area contributed by atoms with Gasteiger partial charge in [-0.1, -0.05) is 30.3 Å². The lowest BCUT2D eigenvalue weighted by Crippen LogP contribution is -2.48. The van der Waals surface area contributed by atoms with Crippen LogP contribution in [0.3, 0.4) is 0 Å². The Kier molecular flexibility index (Phi) is 8.94. The molecule has 2 aliphatic heterocycles. The molecule has 0 unspecified atom stereocenters. The molecule has 2 saturated heterocycles. The smallest absolute Gasteiger partial charge is 0.224 e. The van der Waals surface area contributed by atoms with Gasteiger partial charge in [0.15, 0.2) is 0 Å². The molecule has 0 aliphatic carbocycles. The van der Waals surface area contributed by atoms with Crippen molar-refractivity contribution in [3.8, 4) is 5.75 Å². The number of likely N-dealkylation sites (tertiary alicyclic amines) is 2. The maximum Gasteiger partial charge on any atom is 0.224 e. The molecule has 0 saturated carbocycles. The Balaban J connectivity index is 1.32. The molecule has 1 amide bonds. The molecule has 2 aromatic rings. The van der Waals surface area contributed by atoms with Crippen LogP contribution >= 0.6 is 0 Å². The number of hydrogen-bond acceptors (Lipinski definition) is 5. The van der Waals surface area contributed by atoms with Gasteiger partial charge in [-0.05, 0) is 70.3 Å². The Labute approximate surface area is 204 Å². The van der Waals surface area contributed by atoms with E-state index >= 15 is 0 Å². The number of ether oxygens (including phenoxy) is 1. The highest BCUT2D eigenvalue weighted by molar-refractivity contribution is 5.79. The zero-order valence-corrected chi connectivity index (χ0v) is 20.8. The fraction of sp³-hybridized carbons (Fsp3) is 0.571. The third-order valence-corrected chi connectivity index (χ3v) is 7.36. The summed E-state index contributed by atoms with van der Waals surface area (Å²) < 4.78 is 6.07. The Morgan fingerprint density at radius 1 is 1.18 bits per heavy atom. The lowest BCUT2D eigenvalue weighted by Gasteiger charge is -2.37. The number of aromatic nitrogens is 1. The van der Waals surface area contributed by atoms with Gasteiger partial charge in [-0.15, -0.1) is 0 Å². The standard InChI is InChI=1S/C28H40N4O2/c1-22-10-11-27(18-30-22)34-21-24-17-25(28(33)29-14-12-26-9-6-15-31(26)2)20-32(19-24)16-13-23-7-4-3-5-8-23/h3-5,7-8,10-11,18,24-26H,6,9,12-17,19-21H2,1-2H3,(H,29,33)/t24-,25+,26-/m0/s1. The van der Waals surface area contributed by atoms with Crippen LogP contribution in [0.25, 0.3) is 0 Å². The van der Waals surface area contributed by atoms with E-state index in [0.717, 1.165) is 56.9 Å². The van der Waals surface area contributed by atoms with Crippen molar-refractivity contribution < 1.29 is 9.53 Å². The molecule has 2 aliphatic rings. The Morgan fingerprint density at radius 2 is 2.03 bits per heavy atom. The van der Waals surface area contributed by atoms with Gasteiger partial charge < -0.3 is 19.9 Å². The van der Waals surface area contributed by atoms with Gasteiger partial charge >= 0.3 is 0 Å². The number of amides is 1. The van der Waals surface area contributed by atoms with Crippen molar-refractivity contribution in [1.29, 1.82) is 0 Å². The maximum atomic E-state index is 13.1. The number of carbonyl (C=O) groups is 1. The van der Waals surface area contributed by atoms with E-state index in [0.29, 0.717) is 18.6 Å². The number of benzene rings is 1. The summed E-state index contributed by atoms with van der Waals surface area (Å²) in [4.78, 5) is 22.3. The first-order valence-corrected chi connectivity index (χ1v) is 12.9. The molecule has 34 heavy (non-hydrogen) atoms. The van der Waals surface area contributed by atoms with Gasteiger partial charge in [-0.3, -0.25) is 9.78 Å². The number of nitrogens with zero attached hydrogens (tertiary/aromatic N) is 3. The summed E-state index contributed by atoms with van der Waals surface area (Å²) >= 11 is 0. The molecule has 0 bridgehead atoms. The van der Waals surface area contributed by atoms with Crippen LogP contribution in [0, 0.1) is 18.8 Å². The summed E-state index contributed by atoms with van der Waals surface area (Å²) in [6, 6.07) is 15.2. The van der Waals surface area contributed by atoms with Crippen molar-refractivity contribution in [3.63, 3.8) is 0 Å². The second-order valence-corrected chi connectivity index (χ2v) is 10.1. The van der Waals surface area contributed by atoms with Crippen LogP contribution in [0.4, 0.5) is 0 Å². The van der Waals surface area contributed by atoms with E-state index < -0.39 is 0 Å². The molecule has 6 heteroatoms. The predicted octanol–water partition coefficient (Wildman–Crippen LogP) is 3.55. The highest BCUT2D eigenvalue weighted by Gasteiger charge is 2.32. The van der Waals surface area contributed by atoms with Crippen LogP contribution in [-0.2, 0) is 11.2 Å². The highest BCUT2D eigenvalue weighted by Crippen LogP contribution is 2.24. The largest absolute Gasteiger partial charge is 0.492 e. The molecular weight excluding hydrogens is 424 g/mol. The van der Waals surface area contributed by atoms with E-state index in [1.165, 1.54) is 24.9 Å².